The summed E-state index contributed by atoms with van der Waals surface area (Å²) in [5, 5.41) is 0.397. The van der Waals surface area contributed by atoms with Gasteiger partial charge in [-0.3, -0.25) is 9.59 Å². The Kier molecular flexibility index (Phi) is 6.15. The number of nitrogens with zero attached hydrogens (tertiary/aromatic N) is 2. The van der Waals surface area contributed by atoms with E-state index >= 15 is 0 Å². The minimum absolute atomic E-state index is 0.00286. The Balaban J connectivity index is 1.80. The fourth-order valence-electron chi connectivity index (χ4n) is 3.92. The van der Waals surface area contributed by atoms with E-state index in [1.165, 1.54) is 24.3 Å². The molecule has 0 bridgehead atoms. The molecule has 1 aliphatic rings. The molecule has 0 spiro atoms. The fourth-order valence-corrected chi connectivity index (χ4v) is 5.80. The van der Waals surface area contributed by atoms with Gasteiger partial charge in [-0.2, -0.15) is 4.31 Å². The molecule has 0 aliphatic carbocycles. The van der Waals surface area contributed by atoms with Crippen LogP contribution >= 0.6 is 11.6 Å². The maximum Gasteiger partial charge on any atom is 0.252 e. The van der Waals surface area contributed by atoms with E-state index in [0.29, 0.717) is 16.3 Å². The van der Waals surface area contributed by atoms with Gasteiger partial charge in [0.1, 0.15) is 6.04 Å². The summed E-state index contributed by atoms with van der Waals surface area (Å²) in [6, 6.07) is 21.5. The zero-order valence-corrected chi connectivity index (χ0v) is 18.8. The number of amides is 2. The van der Waals surface area contributed by atoms with Crippen molar-refractivity contribution in [1.29, 1.82) is 0 Å². The maximum atomic E-state index is 13.7. The number of imide groups is 1. The summed E-state index contributed by atoms with van der Waals surface area (Å²) >= 11 is 5.94. The average molecular weight is 469 g/mol. The molecule has 0 saturated carbocycles. The number of benzene rings is 3. The standard InChI is InChI=1S/C24H21ClN2O4S/c1-17(18-8-4-2-5-9-18)27(32(30,31)21-14-12-19(25)13-15-21)22-16-23(28)26(24(22)29)20-10-6-3-7-11-20/h2-15,17,22H,16H2,1H3. The molecule has 4 rings (SSSR count). The van der Waals surface area contributed by atoms with E-state index in [0.717, 1.165) is 9.21 Å². The van der Waals surface area contributed by atoms with Crippen LogP contribution < -0.4 is 4.90 Å². The van der Waals surface area contributed by atoms with Gasteiger partial charge in [0, 0.05) is 11.1 Å². The predicted molar refractivity (Wildman–Crippen MR) is 123 cm³/mol. The lowest BCUT2D eigenvalue weighted by Crippen LogP contribution is -2.46. The first kappa shape index (κ1) is 22.2. The number of carbonyl (C=O) groups excluding carboxylic acids is 2. The lowest BCUT2D eigenvalue weighted by atomic mass is 10.1. The molecule has 0 N–H and O–H groups in total. The van der Waals surface area contributed by atoms with Gasteiger partial charge in [-0.25, -0.2) is 13.3 Å². The van der Waals surface area contributed by atoms with E-state index in [1.54, 1.807) is 61.5 Å². The second-order valence-corrected chi connectivity index (χ2v) is 9.78. The number of carbonyl (C=O) groups is 2. The Bertz CT molecular complexity index is 1230. The largest absolute Gasteiger partial charge is 0.274 e. The quantitative estimate of drug-likeness (QED) is 0.502. The second kappa shape index (κ2) is 8.86. The molecule has 6 nitrogen and oxygen atoms in total. The molecule has 3 aromatic carbocycles. The number of hydrogen-bond donors (Lipinski definition) is 0. The van der Waals surface area contributed by atoms with Gasteiger partial charge in [-0.15, -0.1) is 0 Å². The molecule has 32 heavy (non-hydrogen) atoms. The summed E-state index contributed by atoms with van der Waals surface area (Å²) in [6.45, 7) is 1.71. The molecule has 1 saturated heterocycles. The van der Waals surface area contributed by atoms with Crippen LogP contribution in [0, 0.1) is 0 Å². The van der Waals surface area contributed by atoms with E-state index in [1.807, 2.05) is 6.07 Å². The number of para-hydroxylation sites is 1. The first-order valence-corrected chi connectivity index (χ1v) is 11.9. The van der Waals surface area contributed by atoms with Gasteiger partial charge in [0.25, 0.3) is 5.91 Å². The van der Waals surface area contributed by atoms with Gasteiger partial charge in [0.05, 0.1) is 17.0 Å². The van der Waals surface area contributed by atoms with Crippen LogP contribution in [0.5, 0.6) is 0 Å². The smallest absolute Gasteiger partial charge is 0.252 e. The van der Waals surface area contributed by atoms with E-state index in [2.05, 4.69) is 0 Å². The van der Waals surface area contributed by atoms with Crippen molar-refractivity contribution in [3.8, 4) is 0 Å². The highest BCUT2D eigenvalue weighted by Crippen LogP contribution is 2.35. The third-order valence-corrected chi connectivity index (χ3v) is 7.74. The lowest BCUT2D eigenvalue weighted by molar-refractivity contribution is -0.122. The van der Waals surface area contributed by atoms with E-state index < -0.39 is 33.9 Å². The lowest BCUT2D eigenvalue weighted by Gasteiger charge is -2.32. The summed E-state index contributed by atoms with van der Waals surface area (Å²) in [7, 11) is -4.14. The summed E-state index contributed by atoms with van der Waals surface area (Å²) in [5.41, 5.74) is 1.13. The molecule has 2 unspecified atom stereocenters. The second-order valence-electron chi connectivity index (χ2n) is 7.50. The zero-order valence-electron chi connectivity index (χ0n) is 17.3. The van der Waals surface area contributed by atoms with Gasteiger partial charge in [0.15, 0.2) is 0 Å². The minimum Gasteiger partial charge on any atom is -0.274 e. The van der Waals surface area contributed by atoms with Gasteiger partial charge in [-0.1, -0.05) is 60.1 Å². The minimum atomic E-state index is -4.14. The van der Waals surface area contributed by atoms with Crippen molar-refractivity contribution in [2.45, 2.75) is 30.3 Å². The first-order valence-electron chi connectivity index (χ1n) is 10.1. The zero-order chi connectivity index (χ0) is 22.9. The molecule has 0 aromatic heterocycles. The first-order chi connectivity index (χ1) is 15.3. The molecule has 3 aromatic rings. The third kappa shape index (κ3) is 4.07. The van der Waals surface area contributed by atoms with Crippen molar-refractivity contribution in [1.82, 2.24) is 4.31 Å². The van der Waals surface area contributed by atoms with Crippen molar-refractivity contribution >= 4 is 39.1 Å². The molecular weight excluding hydrogens is 448 g/mol. The molecule has 1 aliphatic heterocycles. The van der Waals surface area contributed by atoms with Crippen LogP contribution in [0.15, 0.2) is 89.8 Å². The van der Waals surface area contributed by atoms with Gasteiger partial charge >= 0.3 is 0 Å². The van der Waals surface area contributed by atoms with Crippen LogP contribution in [0.25, 0.3) is 0 Å². The maximum absolute atomic E-state index is 13.7. The molecule has 1 heterocycles. The Labute approximate surface area is 192 Å². The number of rotatable bonds is 6. The molecule has 1 fully saturated rings. The fraction of sp³-hybridized carbons (Fsp3) is 0.167. The van der Waals surface area contributed by atoms with Gasteiger partial charge in [0.2, 0.25) is 15.9 Å². The van der Waals surface area contributed by atoms with E-state index in [4.69, 9.17) is 11.6 Å². The summed E-state index contributed by atoms with van der Waals surface area (Å²) in [6.07, 6.45) is -0.238. The highest BCUT2D eigenvalue weighted by atomic mass is 35.5. The van der Waals surface area contributed by atoms with E-state index in [-0.39, 0.29) is 11.3 Å². The SMILES string of the molecule is CC(c1ccccc1)N(C1CC(=O)N(c2ccccc2)C1=O)S(=O)(=O)c1ccc(Cl)cc1. The van der Waals surface area contributed by atoms with Crippen LogP contribution in [-0.2, 0) is 19.6 Å². The van der Waals surface area contributed by atoms with Crippen molar-refractivity contribution < 1.29 is 18.0 Å². The topological polar surface area (TPSA) is 74.8 Å². The van der Waals surface area contributed by atoms with E-state index in [9.17, 15) is 18.0 Å². The molecule has 0 radical (unpaired) electrons. The van der Waals surface area contributed by atoms with Crippen LogP contribution in [0.1, 0.15) is 24.9 Å². The molecular formula is C24H21ClN2O4S. The predicted octanol–water partition coefficient (Wildman–Crippen LogP) is 4.42. The van der Waals surface area contributed by atoms with Crippen molar-refractivity contribution in [2.24, 2.45) is 0 Å². The van der Waals surface area contributed by atoms with Gasteiger partial charge in [-0.05, 0) is 48.9 Å². The van der Waals surface area contributed by atoms with Crippen LogP contribution in [0.3, 0.4) is 0 Å². The number of halogens is 1. The number of sulfonamides is 1. The Morgan fingerprint density at radius 3 is 2.06 bits per heavy atom. The van der Waals surface area contributed by atoms with Crippen molar-refractivity contribution in [3.05, 3.63) is 95.5 Å². The summed E-state index contributed by atoms with van der Waals surface area (Å²) in [5.74, 6) is -1.01. The number of anilines is 1. The molecule has 2 atom stereocenters. The average Bonchev–Trinajstić information content (AvgIpc) is 3.08. The number of hydrogen-bond acceptors (Lipinski definition) is 4. The van der Waals surface area contributed by atoms with Crippen molar-refractivity contribution in [3.63, 3.8) is 0 Å². The summed E-state index contributed by atoms with van der Waals surface area (Å²) in [4.78, 5) is 27.3. The summed E-state index contributed by atoms with van der Waals surface area (Å²) < 4.78 is 28.6. The molecule has 2 amide bonds. The van der Waals surface area contributed by atoms with Crippen LogP contribution in [0.4, 0.5) is 5.69 Å². The van der Waals surface area contributed by atoms with Gasteiger partial charge < -0.3 is 0 Å². The molecule has 8 heteroatoms. The third-order valence-electron chi connectivity index (χ3n) is 5.50. The Hall–Kier alpha value is -3.00. The monoisotopic (exact) mass is 468 g/mol. The Morgan fingerprint density at radius 1 is 0.906 bits per heavy atom. The van der Waals surface area contributed by atoms with Crippen LogP contribution in [0.2, 0.25) is 5.02 Å². The highest BCUT2D eigenvalue weighted by molar-refractivity contribution is 7.89. The van der Waals surface area contributed by atoms with Crippen molar-refractivity contribution in [2.75, 3.05) is 4.90 Å². The normalized spacial score (nSPS) is 17.7. The Morgan fingerprint density at radius 2 is 1.47 bits per heavy atom. The highest BCUT2D eigenvalue weighted by Gasteiger charge is 2.48. The molecule has 164 valence electrons. The van der Waals surface area contributed by atoms with Crippen LogP contribution in [-0.4, -0.2) is 30.6 Å².